The van der Waals surface area contributed by atoms with Gasteiger partial charge in [-0.3, -0.25) is 4.79 Å². The highest BCUT2D eigenvalue weighted by molar-refractivity contribution is 7.89. The molecular formula is C23H25F3N2O4S. The lowest BCUT2D eigenvalue weighted by Crippen LogP contribution is -2.59. The van der Waals surface area contributed by atoms with E-state index in [-0.39, 0.29) is 19.5 Å². The molecule has 1 saturated heterocycles. The van der Waals surface area contributed by atoms with Gasteiger partial charge in [-0.1, -0.05) is 24.3 Å². The maximum Gasteiger partial charge on any atom is 0.416 e. The number of benzene rings is 2. The van der Waals surface area contributed by atoms with Crippen molar-refractivity contribution < 1.29 is 31.5 Å². The summed E-state index contributed by atoms with van der Waals surface area (Å²) >= 11 is 0. The summed E-state index contributed by atoms with van der Waals surface area (Å²) in [5, 5.41) is 8.58. The number of piperazine rings is 1. The fourth-order valence-corrected chi connectivity index (χ4v) is 7.73. The number of nitrogens with zero attached hydrogens (tertiary/aromatic N) is 2. The topological polar surface area (TPSA) is 77.9 Å². The Bertz CT molecular complexity index is 1140. The van der Waals surface area contributed by atoms with Crippen molar-refractivity contribution in [3.63, 3.8) is 0 Å². The van der Waals surface area contributed by atoms with Gasteiger partial charge in [-0.15, -0.1) is 0 Å². The first-order chi connectivity index (χ1) is 15.4. The third-order valence-electron chi connectivity index (χ3n) is 6.50. The lowest BCUT2D eigenvalue weighted by molar-refractivity contribution is -0.141. The minimum atomic E-state index is -4.43. The first-order valence-corrected chi connectivity index (χ1v) is 12.2. The van der Waals surface area contributed by atoms with E-state index >= 15 is 0 Å². The molecule has 0 amide bonds. The standard InChI is InChI=1S/C23H25F3N2O4S/c1-14-12-27(18-9-7-17(8-10-18)23(24,25)26)13-15(2)28(14)33(31,32)21-19-6-4-3-5-16(19)11-20(21)22(29)30/h3-10,14-15,20-21H,11-13H2,1-2H3,(H,29,30)/t14?,15?,20-,21+/m1/s1. The highest BCUT2D eigenvalue weighted by Crippen LogP contribution is 2.44. The van der Waals surface area contributed by atoms with E-state index in [1.807, 2.05) is 4.90 Å². The molecule has 1 heterocycles. The monoisotopic (exact) mass is 482 g/mol. The molecule has 1 aliphatic carbocycles. The van der Waals surface area contributed by atoms with Gasteiger partial charge in [-0.2, -0.15) is 17.5 Å². The number of hydrogen-bond donors (Lipinski definition) is 1. The second-order valence-electron chi connectivity index (χ2n) is 8.79. The van der Waals surface area contributed by atoms with Crippen LogP contribution >= 0.6 is 0 Å². The van der Waals surface area contributed by atoms with E-state index < -0.39 is 51.0 Å². The van der Waals surface area contributed by atoms with Gasteiger partial charge in [0, 0.05) is 30.9 Å². The average molecular weight is 483 g/mol. The van der Waals surface area contributed by atoms with E-state index in [4.69, 9.17) is 0 Å². The van der Waals surface area contributed by atoms with Gasteiger partial charge in [0.05, 0.1) is 11.5 Å². The van der Waals surface area contributed by atoms with Crippen molar-refractivity contribution in [2.45, 2.75) is 43.8 Å². The Balaban J connectivity index is 1.61. The second kappa shape index (κ2) is 8.32. The summed E-state index contributed by atoms with van der Waals surface area (Å²) in [6.07, 6.45) is -4.27. The summed E-state index contributed by atoms with van der Waals surface area (Å²) in [6.45, 7) is 4.03. The summed E-state index contributed by atoms with van der Waals surface area (Å²) in [7, 11) is -4.02. The van der Waals surface area contributed by atoms with E-state index in [1.54, 1.807) is 38.1 Å². The van der Waals surface area contributed by atoms with Gasteiger partial charge < -0.3 is 10.0 Å². The molecule has 4 atom stereocenters. The number of alkyl halides is 3. The van der Waals surface area contributed by atoms with Crippen molar-refractivity contribution in [3.05, 3.63) is 65.2 Å². The van der Waals surface area contributed by atoms with E-state index in [0.29, 0.717) is 11.3 Å². The van der Waals surface area contributed by atoms with Crippen LogP contribution in [0.5, 0.6) is 0 Å². The summed E-state index contributed by atoms with van der Waals surface area (Å²) < 4.78 is 67.6. The predicted molar refractivity (Wildman–Crippen MR) is 117 cm³/mol. The number of carboxylic acids is 1. The molecule has 0 radical (unpaired) electrons. The lowest BCUT2D eigenvalue weighted by Gasteiger charge is -2.45. The number of rotatable bonds is 4. The summed E-state index contributed by atoms with van der Waals surface area (Å²) in [5.74, 6) is -2.22. The molecule has 33 heavy (non-hydrogen) atoms. The molecule has 178 valence electrons. The van der Waals surface area contributed by atoms with Crippen molar-refractivity contribution in [2.75, 3.05) is 18.0 Å². The summed E-state index contributed by atoms with van der Waals surface area (Å²) in [5.41, 5.74) is 1.08. The number of carbonyl (C=O) groups is 1. The molecule has 4 rings (SSSR count). The minimum absolute atomic E-state index is 0.156. The van der Waals surface area contributed by atoms with Crippen molar-refractivity contribution >= 4 is 21.7 Å². The smallest absolute Gasteiger partial charge is 0.416 e. The Morgan fingerprint density at radius 3 is 2.12 bits per heavy atom. The lowest BCUT2D eigenvalue weighted by atomic mass is 10.1. The molecule has 0 saturated carbocycles. The third-order valence-corrected chi connectivity index (χ3v) is 9.03. The number of fused-ring (bicyclic) bond motifs is 1. The van der Waals surface area contributed by atoms with Gasteiger partial charge >= 0.3 is 12.1 Å². The van der Waals surface area contributed by atoms with Crippen LogP contribution in [0.25, 0.3) is 0 Å². The van der Waals surface area contributed by atoms with E-state index in [9.17, 15) is 31.5 Å². The first-order valence-electron chi connectivity index (χ1n) is 10.7. The molecule has 2 aliphatic rings. The Morgan fingerprint density at radius 2 is 1.58 bits per heavy atom. The van der Waals surface area contributed by atoms with E-state index in [0.717, 1.165) is 17.7 Å². The van der Waals surface area contributed by atoms with Gasteiger partial charge in [0.15, 0.2) is 0 Å². The quantitative estimate of drug-likeness (QED) is 0.715. The van der Waals surface area contributed by atoms with E-state index in [2.05, 4.69) is 0 Å². The Hall–Kier alpha value is -2.59. The fraction of sp³-hybridized carbons (Fsp3) is 0.435. The van der Waals surface area contributed by atoms with E-state index in [1.165, 1.54) is 16.4 Å². The van der Waals surface area contributed by atoms with Crippen molar-refractivity contribution in [1.82, 2.24) is 4.31 Å². The maximum absolute atomic E-state index is 13.8. The van der Waals surface area contributed by atoms with Crippen LogP contribution in [0.15, 0.2) is 48.5 Å². The predicted octanol–water partition coefficient (Wildman–Crippen LogP) is 3.93. The van der Waals surface area contributed by atoms with Gasteiger partial charge in [0.25, 0.3) is 0 Å². The molecule has 0 spiro atoms. The SMILES string of the molecule is CC1CN(c2ccc(C(F)(F)F)cc2)CC(C)N1S(=O)(=O)[C@H]1c2ccccc2C[C@H]1C(=O)O. The average Bonchev–Trinajstić information content (AvgIpc) is 3.13. The highest BCUT2D eigenvalue weighted by atomic mass is 32.2. The van der Waals surface area contributed by atoms with Crippen molar-refractivity contribution in [1.29, 1.82) is 0 Å². The summed E-state index contributed by atoms with van der Waals surface area (Å²) in [4.78, 5) is 13.8. The molecule has 1 fully saturated rings. The van der Waals surface area contributed by atoms with Gasteiger partial charge in [-0.05, 0) is 55.7 Å². The van der Waals surface area contributed by atoms with Crippen LogP contribution in [0.3, 0.4) is 0 Å². The van der Waals surface area contributed by atoms with Crippen LogP contribution in [0.2, 0.25) is 0 Å². The molecule has 0 bridgehead atoms. The maximum atomic E-state index is 13.8. The molecular weight excluding hydrogens is 457 g/mol. The van der Waals surface area contributed by atoms with Gasteiger partial charge in [-0.25, -0.2) is 8.42 Å². The van der Waals surface area contributed by atoms with Crippen LogP contribution in [0, 0.1) is 5.92 Å². The third kappa shape index (κ3) is 4.21. The van der Waals surface area contributed by atoms with Crippen LogP contribution < -0.4 is 4.90 Å². The van der Waals surface area contributed by atoms with Crippen LogP contribution in [0.1, 0.15) is 35.8 Å². The van der Waals surface area contributed by atoms with Crippen molar-refractivity contribution in [2.24, 2.45) is 5.92 Å². The number of halogens is 3. The normalized spacial score (nSPS) is 26.3. The number of carboxylic acid groups (broad SMARTS) is 1. The number of aliphatic carboxylic acids is 1. The van der Waals surface area contributed by atoms with Crippen molar-refractivity contribution in [3.8, 4) is 0 Å². The zero-order chi connectivity index (χ0) is 24.1. The Labute approximate surface area is 190 Å². The van der Waals surface area contributed by atoms with Gasteiger partial charge in [0.1, 0.15) is 5.25 Å². The Kier molecular flexibility index (Phi) is 5.94. The molecule has 6 nitrogen and oxygen atoms in total. The van der Waals surface area contributed by atoms with Gasteiger partial charge in [0.2, 0.25) is 10.0 Å². The zero-order valence-electron chi connectivity index (χ0n) is 18.2. The summed E-state index contributed by atoms with van der Waals surface area (Å²) in [6, 6.07) is 10.7. The highest BCUT2D eigenvalue weighted by Gasteiger charge is 2.50. The molecule has 10 heteroatoms. The second-order valence-corrected chi connectivity index (χ2v) is 10.8. The molecule has 2 unspecified atom stereocenters. The molecule has 1 N–H and O–H groups in total. The Morgan fingerprint density at radius 1 is 1.00 bits per heavy atom. The number of hydrogen-bond acceptors (Lipinski definition) is 4. The number of anilines is 1. The van der Waals surface area contributed by atoms with Crippen LogP contribution in [0.4, 0.5) is 18.9 Å². The first kappa shape index (κ1) is 23.6. The van der Waals surface area contributed by atoms with Crippen LogP contribution in [-0.4, -0.2) is 49.0 Å². The van der Waals surface area contributed by atoms with Crippen LogP contribution in [-0.2, 0) is 27.4 Å². The largest absolute Gasteiger partial charge is 0.481 e. The molecule has 2 aromatic rings. The molecule has 0 aromatic heterocycles. The minimum Gasteiger partial charge on any atom is -0.481 e. The molecule has 2 aromatic carbocycles. The molecule has 1 aliphatic heterocycles. The zero-order valence-corrected chi connectivity index (χ0v) is 19.0. The number of sulfonamides is 1. The fourth-order valence-electron chi connectivity index (χ4n) is 5.16.